The van der Waals surface area contributed by atoms with Gasteiger partial charge < -0.3 is 29.2 Å². The molecule has 0 saturated carbocycles. The molecule has 7 nitrogen and oxygen atoms in total. The van der Waals surface area contributed by atoms with Crippen LogP contribution in [-0.4, -0.2) is 35.6 Å². The fourth-order valence-electron chi connectivity index (χ4n) is 3.69. The van der Waals surface area contributed by atoms with Gasteiger partial charge in [-0.3, -0.25) is 4.79 Å². The van der Waals surface area contributed by atoms with Gasteiger partial charge in [-0.25, -0.2) is 0 Å². The summed E-state index contributed by atoms with van der Waals surface area (Å²) in [7, 11) is 2.83. The van der Waals surface area contributed by atoms with Gasteiger partial charge in [0.1, 0.15) is 28.1 Å². The van der Waals surface area contributed by atoms with Crippen molar-refractivity contribution in [2.75, 3.05) is 14.2 Å². The summed E-state index contributed by atoms with van der Waals surface area (Å²) in [5.41, 5.74) is 1.99. The number of phenols is 2. The highest BCUT2D eigenvalue weighted by atomic mass is 16.5. The zero-order valence-corrected chi connectivity index (χ0v) is 18.9. The maximum absolute atomic E-state index is 13.6. The lowest BCUT2D eigenvalue weighted by atomic mass is 9.96. The maximum Gasteiger partial charge on any atom is 0.204 e. The van der Waals surface area contributed by atoms with E-state index in [9.17, 15) is 20.1 Å². The Balaban J connectivity index is 2.45. The molecule has 3 rings (SSSR count). The molecule has 3 N–H and O–H groups in total. The number of fused-ring (bicyclic) bond motifs is 2. The van der Waals surface area contributed by atoms with Crippen molar-refractivity contribution >= 4 is 21.9 Å². The minimum atomic E-state index is -0.971. The summed E-state index contributed by atoms with van der Waals surface area (Å²) < 4.78 is 16.7. The number of benzene rings is 2. The summed E-state index contributed by atoms with van der Waals surface area (Å²) in [6, 6.07) is 2.83. The minimum Gasteiger partial charge on any atom is -0.507 e. The molecule has 0 aliphatic carbocycles. The van der Waals surface area contributed by atoms with Crippen LogP contribution in [0.3, 0.4) is 0 Å². The highest BCUT2D eigenvalue weighted by Crippen LogP contribution is 2.41. The molecule has 170 valence electrons. The molecule has 0 bridgehead atoms. The lowest BCUT2D eigenvalue weighted by Crippen LogP contribution is -2.15. The van der Waals surface area contributed by atoms with E-state index in [0.29, 0.717) is 23.3 Å². The van der Waals surface area contributed by atoms with Crippen LogP contribution in [0.15, 0.2) is 45.1 Å². The Labute approximate surface area is 185 Å². The molecular formula is C25H28O7. The fourth-order valence-corrected chi connectivity index (χ4v) is 3.69. The van der Waals surface area contributed by atoms with Gasteiger partial charge in [0.15, 0.2) is 11.5 Å². The van der Waals surface area contributed by atoms with Crippen molar-refractivity contribution in [3.8, 4) is 23.0 Å². The van der Waals surface area contributed by atoms with Crippen LogP contribution in [0.4, 0.5) is 0 Å². The molecule has 1 unspecified atom stereocenters. The predicted molar refractivity (Wildman–Crippen MR) is 124 cm³/mol. The Kier molecular flexibility index (Phi) is 6.50. The normalized spacial score (nSPS) is 12.1. The number of ether oxygens (including phenoxy) is 2. The summed E-state index contributed by atoms with van der Waals surface area (Å²) in [5.74, 6) is -0.0263. The van der Waals surface area contributed by atoms with Crippen LogP contribution in [0, 0.1) is 0 Å². The zero-order valence-electron chi connectivity index (χ0n) is 18.9. The van der Waals surface area contributed by atoms with Gasteiger partial charge in [-0.15, -0.1) is 0 Å². The van der Waals surface area contributed by atoms with E-state index in [-0.39, 0.29) is 51.2 Å². The van der Waals surface area contributed by atoms with Crippen LogP contribution in [0.2, 0.25) is 0 Å². The van der Waals surface area contributed by atoms with E-state index in [1.807, 2.05) is 19.9 Å². The highest BCUT2D eigenvalue weighted by Gasteiger charge is 2.25. The topological polar surface area (TPSA) is 109 Å². The maximum atomic E-state index is 13.6. The molecule has 1 heterocycles. The van der Waals surface area contributed by atoms with Crippen LogP contribution >= 0.6 is 0 Å². The third-order valence-electron chi connectivity index (χ3n) is 5.43. The van der Waals surface area contributed by atoms with E-state index in [2.05, 4.69) is 6.58 Å². The molecule has 1 atom stereocenters. The second-order valence-electron chi connectivity index (χ2n) is 8.04. The van der Waals surface area contributed by atoms with Gasteiger partial charge in [0.2, 0.25) is 5.43 Å². The molecule has 0 radical (unpaired) electrons. The first-order valence-electron chi connectivity index (χ1n) is 10.2. The van der Waals surface area contributed by atoms with Crippen molar-refractivity contribution in [3.63, 3.8) is 0 Å². The zero-order chi connectivity index (χ0) is 23.7. The number of aromatic hydroxyl groups is 2. The molecule has 0 aliphatic rings. The van der Waals surface area contributed by atoms with E-state index in [1.165, 1.54) is 20.3 Å². The van der Waals surface area contributed by atoms with Gasteiger partial charge in [-0.1, -0.05) is 23.8 Å². The summed E-state index contributed by atoms with van der Waals surface area (Å²) in [5, 5.41) is 32.0. The van der Waals surface area contributed by atoms with Gasteiger partial charge >= 0.3 is 0 Å². The lowest BCUT2D eigenvalue weighted by Gasteiger charge is -2.17. The number of aliphatic hydroxyl groups excluding tert-OH is 1. The van der Waals surface area contributed by atoms with Gasteiger partial charge in [-0.2, -0.15) is 0 Å². The summed E-state index contributed by atoms with van der Waals surface area (Å²) in [4.78, 5) is 13.6. The largest absolute Gasteiger partial charge is 0.507 e. The fraction of sp³-hybridized carbons (Fsp3) is 0.320. The standard InChI is InChI=1S/C25H28O7/c1-12(2)7-8-14-18(30-5)11-20-22(23(14)28)24(29)21-15(9-16(26)13(3)4)25(31-6)17(27)10-19(21)32-20/h7,10-11,16,26-28H,3,8-9H2,1-2,4-6H3. The Bertz CT molecular complexity index is 1290. The van der Waals surface area contributed by atoms with Crippen LogP contribution in [-0.2, 0) is 12.8 Å². The van der Waals surface area contributed by atoms with Crippen LogP contribution in [0.1, 0.15) is 31.9 Å². The molecule has 0 fully saturated rings. The van der Waals surface area contributed by atoms with Gasteiger partial charge in [0.05, 0.1) is 25.7 Å². The van der Waals surface area contributed by atoms with E-state index >= 15 is 0 Å². The summed E-state index contributed by atoms with van der Waals surface area (Å²) in [6.07, 6.45) is 1.29. The monoisotopic (exact) mass is 440 g/mol. The molecule has 0 saturated heterocycles. The van der Waals surface area contributed by atoms with E-state index < -0.39 is 11.5 Å². The third-order valence-corrected chi connectivity index (χ3v) is 5.43. The average molecular weight is 440 g/mol. The molecule has 0 amide bonds. The highest BCUT2D eigenvalue weighted by molar-refractivity contribution is 5.97. The average Bonchev–Trinajstić information content (AvgIpc) is 2.72. The predicted octanol–water partition coefficient (Wildman–Crippen LogP) is 4.36. The van der Waals surface area contributed by atoms with Crippen molar-refractivity contribution in [2.45, 2.75) is 39.7 Å². The third kappa shape index (κ3) is 4.03. The van der Waals surface area contributed by atoms with Gasteiger partial charge in [0, 0.05) is 29.7 Å². The number of methoxy groups -OCH3 is 2. The van der Waals surface area contributed by atoms with Crippen molar-refractivity contribution < 1.29 is 29.2 Å². The Hall–Kier alpha value is -3.45. The molecule has 0 aliphatic heterocycles. The number of hydrogen-bond donors (Lipinski definition) is 3. The van der Waals surface area contributed by atoms with Gasteiger partial charge in [0.25, 0.3) is 0 Å². The Morgan fingerprint density at radius 1 is 1.09 bits per heavy atom. The second kappa shape index (κ2) is 8.96. The SMILES string of the molecule is C=C(C)C(O)Cc1c(OC)c(O)cc2oc3cc(OC)c(CC=C(C)C)c(O)c3c(=O)c12. The number of hydrogen-bond acceptors (Lipinski definition) is 7. The first-order valence-corrected chi connectivity index (χ1v) is 10.2. The molecular weight excluding hydrogens is 412 g/mol. The quantitative estimate of drug-likeness (QED) is 0.370. The summed E-state index contributed by atoms with van der Waals surface area (Å²) >= 11 is 0. The van der Waals surface area contributed by atoms with E-state index in [4.69, 9.17) is 13.9 Å². The van der Waals surface area contributed by atoms with E-state index in [0.717, 1.165) is 5.57 Å². The first kappa shape index (κ1) is 23.2. The molecule has 1 aromatic heterocycles. The van der Waals surface area contributed by atoms with Crippen LogP contribution in [0.5, 0.6) is 23.0 Å². The van der Waals surface area contributed by atoms with Crippen molar-refractivity contribution in [1.82, 2.24) is 0 Å². The number of aliphatic hydroxyl groups is 1. The number of phenolic OH excluding ortho intramolecular Hbond substituents is 2. The van der Waals surface area contributed by atoms with Crippen molar-refractivity contribution in [1.29, 1.82) is 0 Å². The Morgan fingerprint density at radius 3 is 2.31 bits per heavy atom. The minimum absolute atomic E-state index is 0.00531. The van der Waals surface area contributed by atoms with Crippen LogP contribution < -0.4 is 14.9 Å². The first-order chi connectivity index (χ1) is 15.1. The molecule has 3 aromatic rings. The lowest BCUT2D eigenvalue weighted by molar-refractivity contribution is 0.210. The number of allylic oxidation sites excluding steroid dienone is 2. The van der Waals surface area contributed by atoms with E-state index in [1.54, 1.807) is 13.0 Å². The molecule has 0 spiro atoms. The van der Waals surface area contributed by atoms with Crippen LogP contribution in [0.25, 0.3) is 21.9 Å². The number of rotatable bonds is 7. The smallest absolute Gasteiger partial charge is 0.204 e. The molecule has 7 heteroatoms. The van der Waals surface area contributed by atoms with Crippen molar-refractivity contribution in [3.05, 3.63) is 57.3 Å². The summed E-state index contributed by atoms with van der Waals surface area (Å²) in [6.45, 7) is 9.28. The molecule has 32 heavy (non-hydrogen) atoms. The Morgan fingerprint density at radius 2 is 1.75 bits per heavy atom. The molecule has 2 aromatic carbocycles. The van der Waals surface area contributed by atoms with Gasteiger partial charge in [-0.05, 0) is 27.2 Å². The van der Waals surface area contributed by atoms with Crippen molar-refractivity contribution in [2.24, 2.45) is 0 Å². The second-order valence-corrected chi connectivity index (χ2v) is 8.04.